The lowest BCUT2D eigenvalue weighted by Gasteiger charge is -2.22. The molecule has 114 valence electrons. The van der Waals surface area contributed by atoms with Gasteiger partial charge in [-0.1, -0.05) is 6.92 Å². The third kappa shape index (κ3) is 3.71. The summed E-state index contributed by atoms with van der Waals surface area (Å²) in [4.78, 5) is 4.57. The molecule has 5 heteroatoms. The summed E-state index contributed by atoms with van der Waals surface area (Å²) < 4.78 is 3.08. The number of nitrogens with one attached hydrogen (secondary N) is 1. The molecule has 1 unspecified atom stereocenters. The van der Waals surface area contributed by atoms with Crippen LogP contribution in [0.15, 0.2) is 29.0 Å². The number of pyridine rings is 1. The summed E-state index contributed by atoms with van der Waals surface area (Å²) in [5.74, 6) is 0. The summed E-state index contributed by atoms with van der Waals surface area (Å²) in [6.07, 6.45) is 4.82. The topological polar surface area (TPSA) is 42.7 Å². The van der Waals surface area contributed by atoms with Crippen LogP contribution < -0.4 is 5.32 Å². The highest BCUT2D eigenvalue weighted by Gasteiger charge is 2.23. The van der Waals surface area contributed by atoms with E-state index < -0.39 is 0 Å². The second-order valence-electron chi connectivity index (χ2n) is 5.56. The van der Waals surface area contributed by atoms with E-state index in [0.29, 0.717) is 6.04 Å². The van der Waals surface area contributed by atoms with Gasteiger partial charge in [-0.15, -0.1) is 0 Å². The number of aryl methyl sites for hydroxylation is 1. The van der Waals surface area contributed by atoms with Crippen molar-refractivity contribution < 1.29 is 0 Å². The van der Waals surface area contributed by atoms with Crippen molar-refractivity contribution in [1.82, 2.24) is 20.1 Å². The average Bonchev–Trinajstić information content (AvgIpc) is 2.82. The fourth-order valence-electron chi connectivity index (χ4n) is 2.38. The number of nitrogens with zero attached hydrogens (tertiary/aromatic N) is 3. The van der Waals surface area contributed by atoms with Gasteiger partial charge in [-0.3, -0.25) is 9.67 Å². The van der Waals surface area contributed by atoms with Crippen molar-refractivity contribution in [2.24, 2.45) is 0 Å². The van der Waals surface area contributed by atoms with Gasteiger partial charge in [-0.05, 0) is 67.4 Å². The Morgan fingerprint density at radius 3 is 2.76 bits per heavy atom. The lowest BCUT2D eigenvalue weighted by molar-refractivity contribution is 0.467. The van der Waals surface area contributed by atoms with Gasteiger partial charge in [0.1, 0.15) is 0 Å². The van der Waals surface area contributed by atoms with Crippen molar-refractivity contribution >= 4 is 15.9 Å². The first kappa shape index (κ1) is 16.2. The van der Waals surface area contributed by atoms with Gasteiger partial charge in [0.2, 0.25) is 0 Å². The van der Waals surface area contributed by atoms with Crippen molar-refractivity contribution in [1.29, 1.82) is 0 Å². The normalized spacial score (nSPS) is 12.9. The molecular weight excluding hydrogens is 328 g/mol. The van der Waals surface area contributed by atoms with Crippen LogP contribution in [0.1, 0.15) is 56.2 Å². The van der Waals surface area contributed by atoms with Gasteiger partial charge < -0.3 is 5.32 Å². The van der Waals surface area contributed by atoms with Crippen LogP contribution in [0.25, 0.3) is 0 Å². The first-order chi connectivity index (χ1) is 10.0. The minimum Gasteiger partial charge on any atom is -0.304 e. The van der Waals surface area contributed by atoms with Crippen LogP contribution in [0.2, 0.25) is 0 Å². The van der Waals surface area contributed by atoms with Gasteiger partial charge in [0.05, 0.1) is 28.1 Å². The summed E-state index contributed by atoms with van der Waals surface area (Å²) in [6.45, 7) is 9.49. The molecule has 21 heavy (non-hydrogen) atoms. The maximum atomic E-state index is 4.57. The highest BCUT2D eigenvalue weighted by Crippen LogP contribution is 2.30. The van der Waals surface area contributed by atoms with Crippen molar-refractivity contribution in [3.63, 3.8) is 0 Å². The summed E-state index contributed by atoms with van der Waals surface area (Å²) in [5.41, 5.74) is 3.39. The van der Waals surface area contributed by atoms with Gasteiger partial charge in [0.15, 0.2) is 0 Å². The lowest BCUT2D eigenvalue weighted by atomic mass is 10.1. The van der Waals surface area contributed by atoms with E-state index in [2.05, 4.69) is 69.8 Å². The molecule has 1 N–H and O–H groups in total. The zero-order valence-electron chi connectivity index (χ0n) is 13.1. The summed E-state index contributed by atoms with van der Waals surface area (Å²) in [6, 6.07) is 4.51. The third-order valence-electron chi connectivity index (χ3n) is 3.38. The van der Waals surface area contributed by atoms with E-state index in [-0.39, 0.29) is 6.04 Å². The SMILES string of the molecule is CCCNC(c1cc(C)ccn1)c1c(Br)cnn1C(C)C. The molecule has 0 spiro atoms. The van der Waals surface area contributed by atoms with Crippen molar-refractivity contribution in [3.8, 4) is 0 Å². The van der Waals surface area contributed by atoms with Crippen LogP contribution in [-0.4, -0.2) is 21.3 Å². The van der Waals surface area contributed by atoms with Crippen molar-refractivity contribution in [3.05, 3.63) is 46.0 Å². The van der Waals surface area contributed by atoms with E-state index >= 15 is 0 Å². The fourth-order valence-corrected chi connectivity index (χ4v) is 2.88. The molecule has 2 rings (SSSR count). The van der Waals surface area contributed by atoms with E-state index in [1.165, 1.54) is 5.56 Å². The Bertz CT molecular complexity index is 592. The first-order valence-electron chi connectivity index (χ1n) is 7.43. The largest absolute Gasteiger partial charge is 0.304 e. The lowest BCUT2D eigenvalue weighted by Crippen LogP contribution is -2.27. The molecule has 0 saturated heterocycles. The molecular formula is C16H23BrN4. The molecule has 0 fully saturated rings. The molecule has 0 aliphatic heterocycles. The zero-order chi connectivity index (χ0) is 15.4. The van der Waals surface area contributed by atoms with Crippen LogP contribution in [-0.2, 0) is 0 Å². The molecule has 2 aromatic heterocycles. The van der Waals surface area contributed by atoms with Crippen LogP contribution in [0, 0.1) is 6.92 Å². The second-order valence-corrected chi connectivity index (χ2v) is 6.42. The van der Waals surface area contributed by atoms with E-state index in [0.717, 1.165) is 28.8 Å². The monoisotopic (exact) mass is 350 g/mol. The van der Waals surface area contributed by atoms with Crippen molar-refractivity contribution in [2.45, 2.75) is 46.2 Å². The smallest absolute Gasteiger partial charge is 0.0933 e. The molecule has 1 atom stereocenters. The zero-order valence-corrected chi connectivity index (χ0v) is 14.7. The highest BCUT2D eigenvalue weighted by atomic mass is 79.9. The molecule has 0 bridgehead atoms. The Labute approximate surface area is 135 Å². The Hall–Kier alpha value is -1.20. The van der Waals surface area contributed by atoms with Crippen LogP contribution >= 0.6 is 15.9 Å². The van der Waals surface area contributed by atoms with Gasteiger partial charge in [-0.25, -0.2) is 0 Å². The summed E-state index contributed by atoms with van der Waals surface area (Å²) >= 11 is 3.64. The Morgan fingerprint density at radius 2 is 2.14 bits per heavy atom. The summed E-state index contributed by atoms with van der Waals surface area (Å²) in [7, 11) is 0. The predicted molar refractivity (Wildman–Crippen MR) is 89.4 cm³/mol. The van der Waals surface area contributed by atoms with Crippen LogP contribution in [0.3, 0.4) is 0 Å². The second kappa shape index (κ2) is 7.18. The van der Waals surface area contributed by atoms with Crippen LogP contribution in [0.5, 0.6) is 0 Å². The molecule has 2 heterocycles. The Balaban J connectivity index is 2.48. The number of hydrogen-bond acceptors (Lipinski definition) is 3. The summed E-state index contributed by atoms with van der Waals surface area (Å²) in [5, 5.41) is 8.09. The molecule has 2 aromatic rings. The molecule has 4 nitrogen and oxygen atoms in total. The minimum atomic E-state index is 0.0455. The Morgan fingerprint density at radius 1 is 1.38 bits per heavy atom. The van der Waals surface area contributed by atoms with Crippen LogP contribution in [0.4, 0.5) is 0 Å². The number of halogens is 1. The van der Waals surface area contributed by atoms with E-state index in [4.69, 9.17) is 0 Å². The van der Waals surface area contributed by atoms with E-state index in [1.807, 2.05) is 18.5 Å². The number of aromatic nitrogens is 3. The van der Waals surface area contributed by atoms with E-state index in [9.17, 15) is 0 Å². The standard InChI is InChI=1S/C16H23BrN4/c1-5-7-19-15(14-9-12(4)6-8-18-14)16-13(17)10-20-21(16)11(2)3/h6,8-11,15,19H,5,7H2,1-4H3. The maximum Gasteiger partial charge on any atom is 0.0933 e. The van der Waals surface area contributed by atoms with Crippen molar-refractivity contribution in [2.75, 3.05) is 6.54 Å². The molecule has 0 aliphatic rings. The number of hydrogen-bond donors (Lipinski definition) is 1. The fraction of sp³-hybridized carbons (Fsp3) is 0.500. The predicted octanol–water partition coefficient (Wildman–Crippen LogP) is 4.02. The van der Waals surface area contributed by atoms with E-state index in [1.54, 1.807) is 0 Å². The van der Waals surface area contributed by atoms with Gasteiger partial charge >= 0.3 is 0 Å². The molecule has 0 saturated carbocycles. The minimum absolute atomic E-state index is 0.0455. The maximum absolute atomic E-state index is 4.57. The molecule has 0 aromatic carbocycles. The number of rotatable bonds is 6. The average molecular weight is 351 g/mol. The highest BCUT2D eigenvalue weighted by molar-refractivity contribution is 9.10. The van der Waals surface area contributed by atoms with Gasteiger partial charge in [0.25, 0.3) is 0 Å². The quantitative estimate of drug-likeness (QED) is 0.855. The molecule has 0 amide bonds. The first-order valence-corrected chi connectivity index (χ1v) is 8.22. The molecule has 0 radical (unpaired) electrons. The molecule has 0 aliphatic carbocycles. The third-order valence-corrected chi connectivity index (χ3v) is 3.99. The van der Waals surface area contributed by atoms with Gasteiger partial charge in [0, 0.05) is 12.2 Å². The van der Waals surface area contributed by atoms with Gasteiger partial charge in [-0.2, -0.15) is 5.10 Å². The Kier molecular flexibility index (Phi) is 5.53.